The molecule has 1 aliphatic heterocycles. The molecule has 10 heteroatoms. The van der Waals surface area contributed by atoms with Crippen LogP contribution in [0.25, 0.3) is 11.5 Å². The smallest absolute Gasteiger partial charge is 0.243 e. The topological polar surface area (TPSA) is 93.7 Å². The first kappa shape index (κ1) is 24.1. The number of piperazine rings is 1. The van der Waals surface area contributed by atoms with E-state index in [1.807, 2.05) is 43.0 Å². The number of nitriles is 1. The molecule has 178 valence electrons. The molecule has 0 atom stereocenters. The Labute approximate surface area is 205 Å². The highest BCUT2D eigenvalue weighted by atomic mass is 35.5. The maximum absolute atomic E-state index is 12.7. The zero-order valence-electron chi connectivity index (χ0n) is 19.1. The molecule has 1 aliphatic rings. The van der Waals surface area contributed by atoms with Crippen LogP contribution in [0.1, 0.15) is 19.5 Å². The molecular weight excluding hydrogens is 474 g/mol. The van der Waals surface area contributed by atoms with Gasteiger partial charge in [-0.2, -0.15) is 14.6 Å². The molecule has 4 rings (SSSR count). The van der Waals surface area contributed by atoms with E-state index in [1.54, 1.807) is 24.3 Å². The molecule has 3 aromatic rings. The quantitative estimate of drug-likeness (QED) is 0.480. The van der Waals surface area contributed by atoms with Crippen LogP contribution in [0.4, 0.5) is 11.6 Å². The minimum atomic E-state index is -3.55. The van der Waals surface area contributed by atoms with E-state index in [2.05, 4.69) is 16.0 Å². The van der Waals surface area contributed by atoms with Crippen LogP contribution in [-0.2, 0) is 10.0 Å². The Morgan fingerprint density at radius 3 is 2.29 bits per heavy atom. The van der Waals surface area contributed by atoms with Crippen LogP contribution in [-0.4, -0.2) is 57.0 Å². The summed E-state index contributed by atoms with van der Waals surface area (Å²) in [5, 5.41) is 10.3. The first-order valence-corrected chi connectivity index (χ1v) is 13.0. The number of halogens is 1. The van der Waals surface area contributed by atoms with Gasteiger partial charge in [0.05, 0.1) is 4.90 Å². The highest BCUT2D eigenvalue weighted by molar-refractivity contribution is 7.89. The number of aromatic nitrogens is 1. The van der Waals surface area contributed by atoms with Gasteiger partial charge in [-0.3, -0.25) is 0 Å². The van der Waals surface area contributed by atoms with Gasteiger partial charge in [-0.05, 0) is 42.5 Å². The number of hydrogen-bond donors (Lipinski definition) is 0. The van der Waals surface area contributed by atoms with Gasteiger partial charge in [-0.25, -0.2) is 8.42 Å². The number of sulfonamides is 1. The fraction of sp³-hybridized carbons (Fsp3) is 0.333. The van der Waals surface area contributed by atoms with Gasteiger partial charge in [0, 0.05) is 55.5 Å². The van der Waals surface area contributed by atoms with Crippen LogP contribution < -0.4 is 9.80 Å². The molecule has 2 aromatic carbocycles. The summed E-state index contributed by atoms with van der Waals surface area (Å²) in [7, 11) is -3.55. The number of oxazole rings is 1. The van der Waals surface area contributed by atoms with Gasteiger partial charge in [0.15, 0.2) is 0 Å². The van der Waals surface area contributed by atoms with Gasteiger partial charge < -0.3 is 14.2 Å². The standard InChI is InChI=1S/C24H26ClN5O3S/c1-3-30(4-2)34(31,32)21-10-8-18(9-11-21)23-27-22(17-26)24(33-23)29-14-12-28(13-15-29)20-7-5-6-19(25)16-20/h5-11,16H,3-4,12-15H2,1-2H3. The molecule has 2 heterocycles. The average molecular weight is 500 g/mol. The fourth-order valence-electron chi connectivity index (χ4n) is 4.05. The van der Waals surface area contributed by atoms with E-state index in [9.17, 15) is 13.7 Å². The van der Waals surface area contributed by atoms with Gasteiger partial charge in [-0.1, -0.05) is 31.5 Å². The van der Waals surface area contributed by atoms with Crippen LogP contribution in [0.15, 0.2) is 57.8 Å². The van der Waals surface area contributed by atoms with E-state index in [1.165, 1.54) is 4.31 Å². The van der Waals surface area contributed by atoms with E-state index >= 15 is 0 Å². The molecule has 0 radical (unpaired) electrons. The Morgan fingerprint density at radius 1 is 1.06 bits per heavy atom. The molecule has 0 saturated carbocycles. The molecule has 0 unspecified atom stereocenters. The second-order valence-electron chi connectivity index (χ2n) is 7.85. The van der Waals surface area contributed by atoms with E-state index < -0.39 is 10.0 Å². The average Bonchev–Trinajstić information content (AvgIpc) is 3.29. The second kappa shape index (κ2) is 10.1. The van der Waals surface area contributed by atoms with Crippen molar-refractivity contribution >= 4 is 33.2 Å². The lowest BCUT2D eigenvalue weighted by molar-refractivity contribution is 0.445. The van der Waals surface area contributed by atoms with Crippen molar-refractivity contribution in [3.8, 4) is 17.5 Å². The predicted molar refractivity (Wildman–Crippen MR) is 133 cm³/mol. The highest BCUT2D eigenvalue weighted by Gasteiger charge is 2.26. The molecule has 0 amide bonds. The molecule has 0 spiro atoms. The molecule has 0 bridgehead atoms. The van der Waals surface area contributed by atoms with E-state index in [4.69, 9.17) is 16.0 Å². The van der Waals surface area contributed by atoms with Crippen LogP contribution in [0.3, 0.4) is 0 Å². The third kappa shape index (κ3) is 4.75. The van der Waals surface area contributed by atoms with Crippen LogP contribution in [0.5, 0.6) is 0 Å². The molecule has 1 saturated heterocycles. The third-order valence-corrected chi connectivity index (χ3v) is 8.20. The summed E-state index contributed by atoms with van der Waals surface area (Å²) in [6.45, 7) is 7.25. The monoisotopic (exact) mass is 499 g/mol. The van der Waals surface area contributed by atoms with Gasteiger partial charge in [-0.15, -0.1) is 0 Å². The molecule has 34 heavy (non-hydrogen) atoms. The Bertz CT molecular complexity index is 1290. The number of anilines is 2. The Balaban J connectivity index is 1.52. The minimum Gasteiger partial charge on any atom is -0.419 e. The molecular formula is C24H26ClN5O3S. The van der Waals surface area contributed by atoms with Crippen molar-refractivity contribution in [3.05, 3.63) is 59.2 Å². The van der Waals surface area contributed by atoms with Crippen molar-refractivity contribution in [3.63, 3.8) is 0 Å². The molecule has 1 fully saturated rings. The van der Waals surface area contributed by atoms with Gasteiger partial charge in [0.25, 0.3) is 0 Å². The summed E-state index contributed by atoms with van der Waals surface area (Å²) in [5.41, 5.74) is 1.88. The summed E-state index contributed by atoms with van der Waals surface area (Å²) >= 11 is 6.12. The number of benzene rings is 2. The molecule has 8 nitrogen and oxygen atoms in total. The van der Waals surface area contributed by atoms with Gasteiger partial charge in [0.2, 0.25) is 27.5 Å². The Morgan fingerprint density at radius 2 is 1.71 bits per heavy atom. The highest BCUT2D eigenvalue weighted by Crippen LogP contribution is 2.30. The molecule has 0 aliphatic carbocycles. The zero-order chi connectivity index (χ0) is 24.3. The maximum atomic E-state index is 12.7. The fourth-order valence-corrected chi connectivity index (χ4v) is 5.69. The Kier molecular flexibility index (Phi) is 7.12. The number of rotatable bonds is 7. The molecule has 1 aromatic heterocycles. The van der Waals surface area contributed by atoms with Crippen LogP contribution in [0.2, 0.25) is 5.02 Å². The zero-order valence-corrected chi connectivity index (χ0v) is 20.7. The first-order valence-electron chi connectivity index (χ1n) is 11.1. The van der Waals surface area contributed by atoms with E-state index in [0.717, 1.165) is 18.8 Å². The normalized spacial score (nSPS) is 14.4. The lowest BCUT2D eigenvalue weighted by Gasteiger charge is -2.35. The first-order chi connectivity index (χ1) is 16.4. The summed E-state index contributed by atoms with van der Waals surface area (Å²) < 4.78 is 32.9. The lowest BCUT2D eigenvalue weighted by atomic mass is 10.2. The third-order valence-electron chi connectivity index (χ3n) is 5.90. The van der Waals surface area contributed by atoms with Crippen LogP contribution in [0, 0.1) is 11.3 Å². The van der Waals surface area contributed by atoms with Crippen molar-refractivity contribution in [1.29, 1.82) is 5.26 Å². The van der Waals surface area contributed by atoms with Crippen molar-refractivity contribution in [1.82, 2.24) is 9.29 Å². The minimum absolute atomic E-state index is 0.212. The summed E-state index contributed by atoms with van der Waals surface area (Å²) in [6.07, 6.45) is 0. The SMILES string of the molecule is CCN(CC)S(=O)(=O)c1ccc(-c2nc(C#N)c(N3CCN(c4cccc(Cl)c4)CC3)o2)cc1. The van der Waals surface area contributed by atoms with E-state index in [0.29, 0.717) is 42.6 Å². The Hall–Kier alpha value is -3.06. The summed E-state index contributed by atoms with van der Waals surface area (Å²) in [4.78, 5) is 8.82. The van der Waals surface area contributed by atoms with Gasteiger partial charge >= 0.3 is 0 Å². The second-order valence-corrected chi connectivity index (χ2v) is 10.2. The van der Waals surface area contributed by atoms with Crippen molar-refractivity contribution in [2.45, 2.75) is 18.7 Å². The molecule has 0 N–H and O–H groups in total. The predicted octanol–water partition coefficient (Wildman–Crippen LogP) is 4.22. The number of hydrogen-bond acceptors (Lipinski definition) is 7. The van der Waals surface area contributed by atoms with Crippen LogP contribution >= 0.6 is 11.6 Å². The van der Waals surface area contributed by atoms with Gasteiger partial charge in [0.1, 0.15) is 6.07 Å². The lowest BCUT2D eigenvalue weighted by Crippen LogP contribution is -2.46. The van der Waals surface area contributed by atoms with Crippen molar-refractivity contribution in [2.75, 3.05) is 49.1 Å². The number of nitrogens with zero attached hydrogens (tertiary/aromatic N) is 5. The van der Waals surface area contributed by atoms with Crippen molar-refractivity contribution < 1.29 is 12.8 Å². The summed E-state index contributed by atoms with van der Waals surface area (Å²) in [5.74, 6) is 0.721. The summed E-state index contributed by atoms with van der Waals surface area (Å²) in [6, 6.07) is 16.3. The largest absolute Gasteiger partial charge is 0.419 e. The van der Waals surface area contributed by atoms with E-state index in [-0.39, 0.29) is 16.5 Å². The maximum Gasteiger partial charge on any atom is 0.243 e. The van der Waals surface area contributed by atoms with Crippen molar-refractivity contribution in [2.24, 2.45) is 0 Å².